The zero-order valence-corrected chi connectivity index (χ0v) is 20.3. The molecule has 0 atom stereocenters. The van der Waals surface area contributed by atoms with E-state index >= 15 is 0 Å². The van der Waals surface area contributed by atoms with Crippen LogP contribution in [0.5, 0.6) is 0 Å². The lowest BCUT2D eigenvalue weighted by Crippen LogP contribution is -2.58. The monoisotopic (exact) mass is 473 g/mol. The molecule has 186 valence electrons. The van der Waals surface area contributed by atoms with E-state index in [4.69, 9.17) is 21.2 Å². The molecule has 2 aliphatic heterocycles. The Bertz CT molecular complexity index is 974. The fourth-order valence-corrected chi connectivity index (χ4v) is 5.15. The lowest BCUT2D eigenvalue weighted by atomic mass is 9.87. The van der Waals surface area contributed by atoms with Gasteiger partial charge in [0.1, 0.15) is 17.1 Å². The summed E-state index contributed by atoms with van der Waals surface area (Å²) in [5, 5.41) is 2.96. The lowest BCUT2D eigenvalue weighted by molar-refractivity contribution is 0.0497. The van der Waals surface area contributed by atoms with E-state index in [-0.39, 0.29) is 23.8 Å². The molecular formula is C24H36FN7O2. The summed E-state index contributed by atoms with van der Waals surface area (Å²) in [4.78, 5) is 25.2. The summed E-state index contributed by atoms with van der Waals surface area (Å²) in [6.45, 7) is 6.93. The average Bonchev–Trinajstić information content (AvgIpc) is 2.73. The van der Waals surface area contributed by atoms with Gasteiger partial charge in [0.15, 0.2) is 0 Å². The highest BCUT2D eigenvalue weighted by Crippen LogP contribution is 2.43. The van der Waals surface area contributed by atoms with E-state index in [2.05, 4.69) is 15.2 Å². The van der Waals surface area contributed by atoms with E-state index in [1.165, 1.54) is 12.1 Å². The first kappa shape index (κ1) is 24.1. The molecule has 0 radical (unpaired) electrons. The molecule has 3 aliphatic rings. The molecule has 0 unspecified atom stereocenters. The number of nitrogens with one attached hydrogen (secondary N) is 1. The van der Waals surface area contributed by atoms with E-state index in [9.17, 15) is 9.18 Å². The Balaban J connectivity index is 1.56. The molecule has 1 aromatic rings. The fourth-order valence-electron chi connectivity index (χ4n) is 5.15. The maximum atomic E-state index is 14.5. The largest absolute Gasteiger partial charge is 0.444 e. The number of aliphatic imine (C=N–C) groups is 2. The Morgan fingerprint density at radius 3 is 2.47 bits per heavy atom. The third-order valence-electron chi connectivity index (χ3n) is 6.59. The Hall–Kier alpha value is -3.04. The van der Waals surface area contributed by atoms with Crippen molar-refractivity contribution in [2.45, 2.75) is 83.0 Å². The molecule has 5 N–H and O–H groups in total. The Morgan fingerprint density at radius 2 is 1.82 bits per heavy atom. The first-order chi connectivity index (χ1) is 16.1. The van der Waals surface area contributed by atoms with Gasteiger partial charge in [-0.1, -0.05) is 6.42 Å². The Kier molecular flexibility index (Phi) is 6.60. The highest BCUT2D eigenvalue weighted by atomic mass is 19.1. The lowest BCUT2D eigenvalue weighted by Gasteiger charge is -2.47. The summed E-state index contributed by atoms with van der Waals surface area (Å²) in [6, 6.07) is 4.78. The topological polar surface area (TPSA) is 122 Å². The molecule has 10 heteroatoms. The van der Waals surface area contributed by atoms with Crippen LogP contribution in [0, 0.1) is 5.82 Å². The van der Waals surface area contributed by atoms with Crippen LogP contribution in [0.2, 0.25) is 0 Å². The van der Waals surface area contributed by atoms with Gasteiger partial charge in [0, 0.05) is 19.1 Å². The number of alkyl carbamates (subject to hydrolysis) is 1. The summed E-state index contributed by atoms with van der Waals surface area (Å²) in [5.74, 6) is 0.0619. The number of guanidine groups is 2. The number of benzene rings is 1. The van der Waals surface area contributed by atoms with Crippen molar-refractivity contribution in [1.82, 2.24) is 5.32 Å². The van der Waals surface area contributed by atoms with Crippen molar-refractivity contribution in [2.24, 2.45) is 21.5 Å². The van der Waals surface area contributed by atoms with Crippen LogP contribution in [0.15, 0.2) is 28.2 Å². The number of hydrogen-bond acceptors (Lipinski definition) is 8. The van der Waals surface area contributed by atoms with Crippen LogP contribution < -0.4 is 26.6 Å². The Labute approximate surface area is 200 Å². The third kappa shape index (κ3) is 5.20. The second-order valence-corrected chi connectivity index (χ2v) is 10.4. The molecule has 0 bridgehead atoms. The van der Waals surface area contributed by atoms with Gasteiger partial charge >= 0.3 is 6.09 Å². The zero-order valence-electron chi connectivity index (χ0n) is 20.3. The molecular weight excluding hydrogens is 437 g/mol. The van der Waals surface area contributed by atoms with Crippen LogP contribution in [-0.4, -0.2) is 48.4 Å². The number of carbonyl (C=O) groups is 1. The maximum Gasteiger partial charge on any atom is 0.407 e. The SMILES string of the molecule is CC(C)(C)OC(=O)NC1CCN(c2ccc(F)cc2N2C(N)=NC(N)=NC23CCCCC3)CC1. The van der Waals surface area contributed by atoms with Gasteiger partial charge in [-0.3, -0.25) is 4.90 Å². The van der Waals surface area contributed by atoms with Gasteiger partial charge in [0.25, 0.3) is 0 Å². The van der Waals surface area contributed by atoms with Crippen LogP contribution >= 0.6 is 0 Å². The first-order valence-electron chi connectivity index (χ1n) is 12.1. The van der Waals surface area contributed by atoms with E-state index in [1.807, 2.05) is 25.7 Å². The average molecular weight is 474 g/mol. The van der Waals surface area contributed by atoms with Crippen molar-refractivity contribution in [2.75, 3.05) is 22.9 Å². The summed E-state index contributed by atoms with van der Waals surface area (Å²) in [6.07, 6.45) is 5.76. The number of ether oxygens (including phenoxy) is 1. The second-order valence-electron chi connectivity index (χ2n) is 10.4. The molecule has 2 heterocycles. The van der Waals surface area contributed by atoms with Crippen LogP contribution in [0.25, 0.3) is 0 Å². The maximum absolute atomic E-state index is 14.5. The van der Waals surface area contributed by atoms with Crippen molar-refractivity contribution in [3.8, 4) is 0 Å². The molecule has 1 aromatic carbocycles. The van der Waals surface area contributed by atoms with E-state index in [1.54, 1.807) is 6.07 Å². The molecule has 1 spiro atoms. The van der Waals surface area contributed by atoms with Gasteiger partial charge in [-0.2, -0.15) is 4.99 Å². The number of rotatable bonds is 3. The molecule has 9 nitrogen and oxygen atoms in total. The van der Waals surface area contributed by atoms with Crippen molar-refractivity contribution in [3.63, 3.8) is 0 Å². The number of piperidine rings is 1. The summed E-state index contributed by atoms with van der Waals surface area (Å²) in [7, 11) is 0. The standard InChI is InChI=1S/C24H36FN7O2/c1-23(2,3)34-22(33)28-17-9-13-31(14-10-17)18-8-7-16(25)15-19(18)32-21(27)29-20(26)30-24(32)11-5-4-6-12-24/h7-8,15,17H,4-6,9-14H2,1-3H3,(H,28,33)(H4,26,27,29,30). The number of amides is 1. The normalized spacial score (nSPS) is 21.2. The van der Waals surface area contributed by atoms with E-state index in [0.717, 1.165) is 50.6 Å². The molecule has 4 rings (SSSR count). The summed E-state index contributed by atoms with van der Waals surface area (Å²) < 4.78 is 19.9. The first-order valence-corrected chi connectivity index (χ1v) is 12.1. The minimum atomic E-state index is -0.646. The third-order valence-corrected chi connectivity index (χ3v) is 6.59. The summed E-state index contributed by atoms with van der Waals surface area (Å²) in [5.41, 5.74) is 12.7. The number of nitrogens with two attached hydrogens (primary N) is 2. The number of halogens is 1. The van der Waals surface area contributed by atoms with Crippen molar-refractivity contribution in [3.05, 3.63) is 24.0 Å². The minimum absolute atomic E-state index is 0.0192. The molecule has 1 saturated carbocycles. The van der Waals surface area contributed by atoms with Crippen LogP contribution in [0.1, 0.15) is 65.7 Å². The second kappa shape index (κ2) is 9.31. The van der Waals surface area contributed by atoms with Crippen LogP contribution in [0.4, 0.5) is 20.6 Å². The van der Waals surface area contributed by atoms with Gasteiger partial charge in [0.05, 0.1) is 11.4 Å². The van der Waals surface area contributed by atoms with Gasteiger partial charge in [0.2, 0.25) is 11.9 Å². The van der Waals surface area contributed by atoms with E-state index < -0.39 is 17.4 Å². The van der Waals surface area contributed by atoms with Crippen molar-refractivity contribution >= 4 is 29.4 Å². The minimum Gasteiger partial charge on any atom is -0.444 e. The highest BCUT2D eigenvalue weighted by molar-refractivity contribution is 6.07. The number of anilines is 2. The van der Waals surface area contributed by atoms with Gasteiger partial charge in [-0.25, -0.2) is 14.2 Å². The quantitative estimate of drug-likeness (QED) is 0.618. The molecule has 0 aromatic heterocycles. The van der Waals surface area contributed by atoms with Crippen molar-refractivity contribution < 1.29 is 13.9 Å². The number of hydrogen-bond donors (Lipinski definition) is 3. The molecule has 1 amide bonds. The van der Waals surface area contributed by atoms with Crippen LogP contribution in [-0.2, 0) is 4.74 Å². The number of nitrogens with zero attached hydrogens (tertiary/aromatic N) is 4. The van der Waals surface area contributed by atoms with E-state index in [0.29, 0.717) is 18.8 Å². The molecule has 1 aliphatic carbocycles. The predicted octanol–water partition coefficient (Wildman–Crippen LogP) is 3.43. The molecule has 34 heavy (non-hydrogen) atoms. The fraction of sp³-hybridized carbons (Fsp3) is 0.625. The molecule has 1 saturated heterocycles. The molecule has 2 fully saturated rings. The van der Waals surface area contributed by atoms with Gasteiger partial charge < -0.3 is 26.4 Å². The van der Waals surface area contributed by atoms with Crippen molar-refractivity contribution in [1.29, 1.82) is 0 Å². The smallest absolute Gasteiger partial charge is 0.407 e. The summed E-state index contributed by atoms with van der Waals surface area (Å²) >= 11 is 0. The highest BCUT2D eigenvalue weighted by Gasteiger charge is 2.44. The van der Waals surface area contributed by atoms with Gasteiger partial charge in [-0.15, -0.1) is 0 Å². The van der Waals surface area contributed by atoms with Crippen LogP contribution in [0.3, 0.4) is 0 Å². The van der Waals surface area contributed by atoms with Gasteiger partial charge in [-0.05, 0) is 77.5 Å². The Morgan fingerprint density at radius 1 is 1.15 bits per heavy atom. The predicted molar refractivity (Wildman–Crippen MR) is 133 cm³/mol. The zero-order chi connectivity index (χ0) is 24.5. The number of carbonyl (C=O) groups excluding carboxylic acids is 1.